The van der Waals surface area contributed by atoms with Gasteiger partial charge in [0.1, 0.15) is 11.4 Å². The molecule has 118 valence electrons. The summed E-state index contributed by atoms with van der Waals surface area (Å²) in [5.74, 6) is 0.348. The van der Waals surface area contributed by atoms with Gasteiger partial charge in [0.2, 0.25) is 0 Å². The van der Waals surface area contributed by atoms with Crippen LogP contribution in [-0.4, -0.2) is 17.3 Å². The Labute approximate surface area is 143 Å². The molecular formula is C18H16BrNO3. The highest BCUT2D eigenvalue weighted by atomic mass is 79.9. The third-order valence-corrected chi connectivity index (χ3v) is 4.32. The van der Waals surface area contributed by atoms with Crippen LogP contribution in [0.4, 0.5) is 5.69 Å². The fourth-order valence-electron chi connectivity index (χ4n) is 2.57. The van der Waals surface area contributed by atoms with Crippen LogP contribution in [-0.2, 0) is 0 Å². The number of amides is 1. The van der Waals surface area contributed by atoms with Gasteiger partial charge in [-0.1, -0.05) is 12.1 Å². The molecule has 0 saturated heterocycles. The molecule has 0 saturated carbocycles. The maximum absolute atomic E-state index is 12.3. The van der Waals surface area contributed by atoms with E-state index in [9.17, 15) is 9.59 Å². The summed E-state index contributed by atoms with van der Waals surface area (Å²) < 4.78 is 6.53. The molecule has 2 aromatic rings. The van der Waals surface area contributed by atoms with E-state index < -0.39 is 5.60 Å². The van der Waals surface area contributed by atoms with Crippen LogP contribution in [0.15, 0.2) is 46.9 Å². The summed E-state index contributed by atoms with van der Waals surface area (Å²) in [5, 5.41) is 2.81. The van der Waals surface area contributed by atoms with Crippen molar-refractivity contribution in [3.8, 4) is 5.75 Å². The molecule has 1 N–H and O–H groups in total. The van der Waals surface area contributed by atoms with Crippen LogP contribution < -0.4 is 10.1 Å². The van der Waals surface area contributed by atoms with E-state index >= 15 is 0 Å². The average Bonchev–Trinajstić information content (AvgIpc) is 2.47. The molecule has 1 amide bonds. The smallest absolute Gasteiger partial charge is 0.256 e. The van der Waals surface area contributed by atoms with Gasteiger partial charge >= 0.3 is 0 Å². The highest BCUT2D eigenvalue weighted by Crippen LogP contribution is 2.34. The fraction of sp³-hybridized carbons (Fsp3) is 0.222. The number of nitrogens with one attached hydrogen (secondary N) is 1. The molecule has 0 atom stereocenters. The second kappa shape index (κ2) is 5.81. The molecule has 0 fully saturated rings. The van der Waals surface area contributed by atoms with Gasteiger partial charge < -0.3 is 10.1 Å². The fourth-order valence-corrected chi connectivity index (χ4v) is 3.04. The largest absolute Gasteiger partial charge is 0.487 e. The van der Waals surface area contributed by atoms with Gasteiger partial charge in [0.25, 0.3) is 5.91 Å². The topological polar surface area (TPSA) is 55.4 Å². The first-order valence-corrected chi connectivity index (χ1v) is 8.07. The molecule has 0 bridgehead atoms. The lowest BCUT2D eigenvalue weighted by Gasteiger charge is -2.31. The highest BCUT2D eigenvalue weighted by Gasteiger charge is 2.32. The molecule has 5 heteroatoms. The summed E-state index contributed by atoms with van der Waals surface area (Å²) in [7, 11) is 0. The Bertz CT molecular complexity index is 799. The molecular weight excluding hydrogens is 358 g/mol. The number of carbonyl (C=O) groups is 2. The lowest BCUT2D eigenvalue weighted by atomic mass is 9.93. The van der Waals surface area contributed by atoms with Crippen LogP contribution in [0.3, 0.4) is 0 Å². The first kappa shape index (κ1) is 15.7. The summed E-state index contributed by atoms with van der Waals surface area (Å²) in [4.78, 5) is 24.6. The molecule has 1 aliphatic rings. The van der Waals surface area contributed by atoms with Gasteiger partial charge in [0, 0.05) is 10.2 Å². The molecule has 2 aromatic carbocycles. The zero-order valence-electron chi connectivity index (χ0n) is 12.9. The van der Waals surface area contributed by atoms with Gasteiger partial charge in [-0.05, 0) is 60.1 Å². The molecule has 23 heavy (non-hydrogen) atoms. The summed E-state index contributed by atoms with van der Waals surface area (Å²) in [6, 6.07) is 12.3. The first-order chi connectivity index (χ1) is 10.9. The Morgan fingerprint density at radius 3 is 2.70 bits per heavy atom. The van der Waals surface area contributed by atoms with E-state index in [2.05, 4.69) is 21.2 Å². The van der Waals surface area contributed by atoms with Gasteiger partial charge in [-0.3, -0.25) is 9.59 Å². The van der Waals surface area contributed by atoms with E-state index in [-0.39, 0.29) is 11.7 Å². The number of carbonyl (C=O) groups excluding carboxylic acids is 2. The lowest BCUT2D eigenvalue weighted by Crippen LogP contribution is -2.35. The van der Waals surface area contributed by atoms with Crippen LogP contribution in [0, 0.1) is 0 Å². The molecule has 0 unspecified atom stereocenters. The zero-order valence-corrected chi connectivity index (χ0v) is 14.4. The van der Waals surface area contributed by atoms with Crippen molar-refractivity contribution in [2.75, 3.05) is 5.32 Å². The lowest BCUT2D eigenvalue weighted by molar-refractivity contribution is 0.0620. The van der Waals surface area contributed by atoms with E-state index in [4.69, 9.17) is 4.74 Å². The van der Waals surface area contributed by atoms with Gasteiger partial charge in [-0.2, -0.15) is 0 Å². The Morgan fingerprint density at radius 2 is 1.96 bits per heavy atom. The Morgan fingerprint density at radius 1 is 1.22 bits per heavy atom. The van der Waals surface area contributed by atoms with Crippen molar-refractivity contribution in [3.63, 3.8) is 0 Å². The number of ketones is 1. The van der Waals surface area contributed by atoms with Crippen LogP contribution in [0.2, 0.25) is 0 Å². The number of fused-ring (bicyclic) bond motifs is 1. The summed E-state index contributed by atoms with van der Waals surface area (Å²) >= 11 is 3.36. The van der Waals surface area contributed by atoms with E-state index in [1.54, 1.807) is 36.4 Å². The molecule has 0 aliphatic carbocycles. The van der Waals surface area contributed by atoms with Crippen molar-refractivity contribution in [2.24, 2.45) is 0 Å². The van der Waals surface area contributed by atoms with Gasteiger partial charge in [0.05, 0.1) is 17.5 Å². The number of hydrogen-bond acceptors (Lipinski definition) is 3. The Hall–Kier alpha value is -2.14. The van der Waals surface area contributed by atoms with Gasteiger partial charge in [-0.25, -0.2) is 0 Å². The number of benzene rings is 2. The van der Waals surface area contributed by atoms with Crippen molar-refractivity contribution < 1.29 is 14.3 Å². The van der Waals surface area contributed by atoms with Crippen molar-refractivity contribution in [1.82, 2.24) is 0 Å². The van der Waals surface area contributed by atoms with Crippen molar-refractivity contribution >= 4 is 33.3 Å². The van der Waals surface area contributed by atoms with E-state index in [0.29, 0.717) is 29.0 Å². The highest BCUT2D eigenvalue weighted by molar-refractivity contribution is 9.10. The van der Waals surface area contributed by atoms with Crippen molar-refractivity contribution in [2.45, 2.75) is 25.9 Å². The minimum atomic E-state index is -0.496. The molecule has 1 heterocycles. The monoisotopic (exact) mass is 373 g/mol. The summed E-state index contributed by atoms with van der Waals surface area (Å²) in [6.07, 6.45) is 0.321. The Balaban J connectivity index is 1.86. The second-order valence-electron chi connectivity index (χ2n) is 6.11. The third-order valence-electron chi connectivity index (χ3n) is 3.63. The number of ether oxygens (including phenoxy) is 1. The molecule has 0 spiro atoms. The van der Waals surface area contributed by atoms with Gasteiger partial charge in [-0.15, -0.1) is 0 Å². The van der Waals surface area contributed by atoms with Gasteiger partial charge in [0.15, 0.2) is 5.78 Å². The molecule has 1 aliphatic heterocycles. The zero-order chi connectivity index (χ0) is 16.6. The first-order valence-electron chi connectivity index (χ1n) is 7.28. The number of rotatable bonds is 2. The van der Waals surface area contributed by atoms with E-state index in [1.165, 1.54) is 0 Å². The SMILES string of the molecule is CC1(C)CC(=O)c2cc(NC(=O)c3ccccc3Br)ccc2O1. The maximum atomic E-state index is 12.3. The predicted molar refractivity (Wildman–Crippen MR) is 92.2 cm³/mol. The van der Waals surface area contributed by atoms with E-state index in [1.807, 2.05) is 19.9 Å². The van der Waals surface area contributed by atoms with Crippen molar-refractivity contribution in [3.05, 3.63) is 58.1 Å². The number of hydrogen-bond donors (Lipinski definition) is 1. The number of Topliss-reactive ketones (excluding diaryl/α,β-unsaturated/α-hetero) is 1. The summed E-state index contributed by atoms with van der Waals surface area (Å²) in [6.45, 7) is 3.77. The molecule has 0 radical (unpaired) electrons. The van der Waals surface area contributed by atoms with Crippen LogP contribution in [0.25, 0.3) is 0 Å². The minimum Gasteiger partial charge on any atom is -0.487 e. The predicted octanol–water partition coefficient (Wildman–Crippen LogP) is 4.45. The number of halogens is 1. The summed E-state index contributed by atoms with van der Waals surface area (Å²) in [5.41, 5.74) is 1.12. The standard InChI is InChI=1S/C18H16BrNO3/c1-18(2)10-15(21)13-9-11(7-8-16(13)23-18)20-17(22)12-5-3-4-6-14(12)19/h3-9H,10H2,1-2H3,(H,20,22). The average molecular weight is 374 g/mol. The van der Waals surface area contributed by atoms with E-state index in [0.717, 1.165) is 4.47 Å². The van der Waals surface area contributed by atoms with Crippen LogP contribution in [0.1, 0.15) is 41.0 Å². The van der Waals surface area contributed by atoms with Crippen LogP contribution in [0.5, 0.6) is 5.75 Å². The quantitative estimate of drug-likeness (QED) is 0.845. The Kier molecular flexibility index (Phi) is 3.98. The molecule has 4 nitrogen and oxygen atoms in total. The minimum absolute atomic E-state index is 0.0215. The second-order valence-corrected chi connectivity index (χ2v) is 6.96. The van der Waals surface area contributed by atoms with Crippen LogP contribution >= 0.6 is 15.9 Å². The maximum Gasteiger partial charge on any atom is 0.256 e. The number of anilines is 1. The van der Waals surface area contributed by atoms with Crippen molar-refractivity contribution in [1.29, 1.82) is 0 Å². The molecule has 0 aromatic heterocycles. The normalized spacial score (nSPS) is 15.5. The third kappa shape index (κ3) is 3.29. The molecule has 3 rings (SSSR count).